The minimum atomic E-state index is -3.18. The van der Waals surface area contributed by atoms with E-state index in [2.05, 4.69) is 15.9 Å². The van der Waals surface area contributed by atoms with Crippen LogP contribution in [-0.2, 0) is 9.84 Å². The summed E-state index contributed by atoms with van der Waals surface area (Å²) in [4.78, 5) is 0. The molecule has 0 atom stereocenters. The summed E-state index contributed by atoms with van der Waals surface area (Å²) >= 11 is 3.24. The van der Waals surface area contributed by atoms with Crippen LogP contribution in [0.4, 0.5) is 0 Å². The van der Waals surface area contributed by atoms with Crippen LogP contribution in [-0.4, -0.2) is 13.7 Å². The SMILES string of the molecule is O=S(=O)(C(Br)=Cc1ccccc1)C1CCCCC1. The van der Waals surface area contributed by atoms with Gasteiger partial charge in [0.05, 0.1) is 5.25 Å². The van der Waals surface area contributed by atoms with Crippen molar-refractivity contribution in [2.24, 2.45) is 0 Å². The van der Waals surface area contributed by atoms with Gasteiger partial charge in [0.25, 0.3) is 0 Å². The average Bonchev–Trinajstić information content (AvgIpc) is 2.41. The van der Waals surface area contributed by atoms with Crippen molar-refractivity contribution in [3.63, 3.8) is 0 Å². The first-order valence-electron chi connectivity index (χ1n) is 6.27. The fourth-order valence-corrected chi connectivity index (χ4v) is 4.93. The zero-order valence-electron chi connectivity index (χ0n) is 10.2. The molecule has 0 unspecified atom stereocenters. The quantitative estimate of drug-likeness (QED) is 0.836. The Kier molecular flexibility index (Phi) is 4.62. The highest BCUT2D eigenvalue weighted by Gasteiger charge is 2.29. The van der Waals surface area contributed by atoms with Gasteiger partial charge in [0, 0.05) is 0 Å². The zero-order chi connectivity index (χ0) is 13.0. The number of benzene rings is 1. The topological polar surface area (TPSA) is 34.1 Å². The summed E-state index contributed by atoms with van der Waals surface area (Å²) in [6.07, 6.45) is 6.49. The van der Waals surface area contributed by atoms with Gasteiger partial charge in [0.2, 0.25) is 0 Å². The molecule has 2 nitrogen and oxygen atoms in total. The van der Waals surface area contributed by atoms with E-state index in [1.807, 2.05) is 30.3 Å². The fourth-order valence-electron chi connectivity index (χ4n) is 2.30. The molecule has 18 heavy (non-hydrogen) atoms. The summed E-state index contributed by atoms with van der Waals surface area (Å²) < 4.78 is 25.1. The van der Waals surface area contributed by atoms with Crippen molar-refractivity contribution < 1.29 is 8.42 Å². The Bertz CT molecular complexity index is 514. The van der Waals surface area contributed by atoms with Gasteiger partial charge in [-0.25, -0.2) is 8.42 Å². The van der Waals surface area contributed by atoms with E-state index in [0.717, 1.165) is 37.7 Å². The zero-order valence-corrected chi connectivity index (χ0v) is 12.6. The molecule has 0 spiro atoms. The first-order valence-corrected chi connectivity index (χ1v) is 8.61. The number of hydrogen-bond donors (Lipinski definition) is 0. The Morgan fingerprint density at radius 3 is 2.33 bits per heavy atom. The maximum atomic E-state index is 12.4. The summed E-state index contributed by atoms with van der Waals surface area (Å²) in [6.45, 7) is 0. The van der Waals surface area contributed by atoms with Crippen molar-refractivity contribution in [2.75, 3.05) is 0 Å². The van der Waals surface area contributed by atoms with Gasteiger partial charge in [-0.05, 0) is 40.4 Å². The fraction of sp³-hybridized carbons (Fsp3) is 0.429. The van der Waals surface area contributed by atoms with Crippen molar-refractivity contribution in [1.29, 1.82) is 0 Å². The van der Waals surface area contributed by atoms with Crippen LogP contribution in [0.5, 0.6) is 0 Å². The molecule has 0 aliphatic heterocycles. The molecular formula is C14H17BrO2S. The molecule has 0 N–H and O–H groups in total. The second-order valence-electron chi connectivity index (χ2n) is 4.66. The van der Waals surface area contributed by atoms with Crippen LogP contribution in [0.3, 0.4) is 0 Å². The Morgan fingerprint density at radius 1 is 1.11 bits per heavy atom. The van der Waals surface area contributed by atoms with Gasteiger partial charge in [-0.15, -0.1) is 0 Å². The number of sulfone groups is 1. The highest BCUT2D eigenvalue weighted by atomic mass is 79.9. The first kappa shape index (κ1) is 13.8. The van der Waals surface area contributed by atoms with E-state index < -0.39 is 9.84 Å². The summed E-state index contributed by atoms with van der Waals surface area (Å²) in [5, 5.41) is -0.208. The third-order valence-corrected chi connectivity index (χ3v) is 6.94. The van der Waals surface area contributed by atoms with Crippen LogP contribution < -0.4 is 0 Å². The van der Waals surface area contributed by atoms with Gasteiger partial charge in [0.1, 0.15) is 3.81 Å². The van der Waals surface area contributed by atoms with Crippen LogP contribution in [0.15, 0.2) is 34.1 Å². The number of rotatable bonds is 3. The molecule has 98 valence electrons. The summed E-state index contributed by atoms with van der Waals surface area (Å²) in [5.74, 6) is 0. The highest BCUT2D eigenvalue weighted by molar-refractivity contribution is 9.13. The molecule has 2 rings (SSSR count). The van der Waals surface area contributed by atoms with Crippen LogP contribution in [0, 0.1) is 0 Å². The molecule has 0 heterocycles. The van der Waals surface area contributed by atoms with Crippen LogP contribution in [0.1, 0.15) is 37.7 Å². The summed E-state index contributed by atoms with van der Waals surface area (Å²) in [6, 6.07) is 9.52. The van der Waals surface area contributed by atoms with Crippen molar-refractivity contribution >= 4 is 31.8 Å². The predicted octanol–water partition coefficient (Wildman–Crippen LogP) is 4.13. The Hall–Kier alpha value is -0.610. The summed E-state index contributed by atoms with van der Waals surface area (Å²) in [7, 11) is -3.18. The monoisotopic (exact) mass is 328 g/mol. The van der Waals surface area contributed by atoms with Gasteiger partial charge in [-0.1, -0.05) is 49.6 Å². The van der Waals surface area contributed by atoms with Crippen molar-refractivity contribution in [3.05, 3.63) is 39.7 Å². The average molecular weight is 329 g/mol. The largest absolute Gasteiger partial charge is 0.223 e. The minimum absolute atomic E-state index is 0.208. The van der Waals surface area contributed by atoms with Gasteiger partial charge in [0.15, 0.2) is 9.84 Å². The molecule has 0 aromatic heterocycles. The van der Waals surface area contributed by atoms with Crippen LogP contribution in [0.2, 0.25) is 0 Å². The predicted molar refractivity (Wildman–Crippen MR) is 79.1 cm³/mol. The van der Waals surface area contributed by atoms with E-state index in [1.165, 1.54) is 0 Å². The normalized spacial score (nSPS) is 18.8. The van der Waals surface area contributed by atoms with E-state index in [1.54, 1.807) is 6.08 Å². The lowest BCUT2D eigenvalue weighted by Crippen LogP contribution is -2.23. The molecule has 0 saturated heterocycles. The van der Waals surface area contributed by atoms with Gasteiger partial charge in [-0.2, -0.15) is 0 Å². The Morgan fingerprint density at radius 2 is 1.72 bits per heavy atom. The third kappa shape index (κ3) is 3.23. The smallest absolute Gasteiger partial charge is 0.187 e. The highest BCUT2D eigenvalue weighted by Crippen LogP contribution is 2.31. The van der Waals surface area contributed by atoms with E-state index >= 15 is 0 Å². The Balaban J connectivity index is 2.21. The lowest BCUT2D eigenvalue weighted by atomic mass is 10.0. The minimum Gasteiger partial charge on any atom is -0.223 e. The molecule has 1 aliphatic carbocycles. The van der Waals surface area contributed by atoms with E-state index in [9.17, 15) is 8.42 Å². The molecule has 1 aliphatic rings. The number of halogens is 1. The maximum absolute atomic E-state index is 12.4. The molecule has 0 amide bonds. The lowest BCUT2D eigenvalue weighted by molar-refractivity contribution is 0.487. The number of hydrogen-bond acceptors (Lipinski definition) is 2. The maximum Gasteiger partial charge on any atom is 0.187 e. The molecule has 0 radical (unpaired) electrons. The van der Waals surface area contributed by atoms with E-state index in [4.69, 9.17) is 0 Å². The van der Waals surface area contributed by atoms with Gasteiger partial charge < -0.3 is 0 Å². The van der Waals surface area contributed by atoms with E-state index in [0.29, 0.717) is 3.81 Å². The van der Waals surface area contributed by atoms with Gasteiger partial charge >= 0.3 is 0 Å². The molecule has 1 saturated carbocycles. The van der Waals surface area contributed by atoms with Crippen LogP contribution >= 0.6 is 15.9 Å². The third-order valence-electron chi connectivity index (χ3n) is 3.34. The second kappa shape index (κ2) is 6.02. The molecule has 0 bridgehead atoms. The molecule has 1 aromatic rings. The van der Waals surface area contributed by atoms with Crippen LogP contribution in [0.25, 0.3) is 6.08 Å². The lowest BCUT2D eigenvalue weighted by Gasteiger charge is -2.21. The first-order chi connectivity index (χ1) is 8.60. The standard InChI is InChI=1S/C14H17BrO2S/c15-14(11-12-7-3-1-4-8-12)18(16,17)13-9-5-2-6-10-13/h1,3-4,7-8,11,13H,2,5-6,9-10H2. The van der Waals surface area contributed by atoms with Crippen molar-refractivity contribution in [3.8, 4) is 0 Å². The second-order valence-corrected chi connectivity index (χ2v) is 8.24. The Labute approximate surface area is 117 Å². The molecule has 1 aromatic carbocycles. The van der Waals surface area contributed by atoms with Gasteiger partial charge in [-0.3, -0.25) is 0 Å². The molecule has 1 fully saturated rings. The van der Waals surface area contributed by atoms with E-state index in [-0.39, 0.29) is 5.25 Å². The molecular weight excluding hydrogens is 312 g/mol. The van der Waals surface area contributed by atoms with Crippen molar-refractivity contribution in [2.45, 2.75) is 37.4 Å². The summed E-state index contributed by atoms with van der Waals surface area (Å²) in [5.41, 5.74) is 0.906. The van der Waals surface area contributed by atoms with Crippen molar-refractivity contribution in [1.82, 2.24) is 0 Å². The molecule has 4 heteroatoms.